The summed E-state index contributed by atoms with van der Waals surface area (Å²) < 4.78 is 5.00. The monoisotopic (exact) mass is 640 g/mol. The van der Waals surface area contributed by atoms with Crippen LogP contribution in [0.4, 0.5) is 0 Å². The average Bonchev–Trinajstić information content (AvgIpc) is 3.89. The van der Waals surface area contributed by atoms with Gasteiger partial charge in [-0.25, -0.2) is 15.0 Å². The predicted molar refractivity (Wildman–Crippen MR) is 195 cm³/mol. The Morgan fingerprint density at radius 1 is 0.478 bits per heavy atom. The van der Waals surface area contributed by atoms with E-state index in [1.807, 2.05) is 0 Å². The van der Waals surface area contributed by atoms with Gasteiger partial charge < -0.3 is 4.23 Å². The molecule has 0 saturated heterocycles. The molecule has 0 amide bonds. The Bertz CT molecular complexity index is 2450. The lowest BCUT2D eigenvalue weighted by Gasteiger charge is -2.32. The van der Waals surface area contributed by atoms with E-state index in [0.29, 0.717) is 0 Å². The maximum Gasteiger partial charge on any atom is 0.259 e. The van der Waals surface area contributed by atoms with Crippen LogP contribution in [0.25, 0.3) is 64.0 Å². The van der Waals surface area contributed by atoms with Crippen molar-refractivity contribution in [2.75, 3.05) is 0 Å². The van der Waals surface area contributed by atoms with Crippen LogP contribution in [-0.2, 0) is 0 Å². The van der Waals surface area contributed by atoms with Crippen LogP contribution in [0.3, 0.4) is 0 Å². The van der Waals surface area contributed by atoms with Gasteiger partial charge in [0.05, 0.1) is 31.5 Å². The minimum absolute atomic E-state index is 1.02. The van der Waals surface area contributed by atoms with E-state index >= 15 is 0 Å². The van der Waals surface area contributed by atoms with Gasteiger partial charge in [-0.3, -0.25) is 0 Å². The van der Waals surface area contributed by atoms with E-state index in [1.54, 1.807) is 22.7 Å². The minimum Gasteiger partial charge on any atom is -0.339 e. The van der Waals surface area contributed by atoms with Gasteiger partial charge in [-0.15, -0.1) is 22.7 Å². The van der Waals surface area contributed by atoms with Gasteiger partial charge in [-0.1, -0.05) is 109 Å². The molecular weight excluding hydrogens is 617 g/mol. The van der Waals surface area contributed by atoms with Crippen LogP contribution >= 0.6 is 22.7 Å². The minimum atomic E-state index is -2.94. The lowest BCUT2D eigenvalue weighted by Crippen LogP contribution is -2.70. The normalized spacial score (nSPS) is 13.4. The maximum atomic E-state index is 5.28. The smallest absolute Gasteiger partial charge is 0.259 e. The molecular formula is C39H24N4S2Si. The Morgan fingerprint density at radius 3 is 1.65 bits per heavy atom. The Hall–Kier alpha value is -5.21. The van der Waals surface area contributed by atoms with Crippen molar-refractivity contribution in [3.05, 3.63) is 146 Å². The van der Waals surface area contributed by atoms with Crippen LogP contribution in [0.2, 0.25) is 0 Å². The summed E-state index contributed by atoms with van der Waals surface area (Å²) in [4.78, 5) is 15.4. The molecule has 1 aliphatic rings. The number of nitrogens with zero attached hydrogens (tertiary/aromatic N) is 4. The molecule has 0 radical (unpaired) electrons. The van der Waals surface area contributed by atoms with Gasteiger partial charge >= 0.3 is 0 Å². The Balaban J connectivity index is 1.29. The number of hydrogen-bond donors (Lipinski definition) is 0. The van der Waals surface area contributed by atoms with Gasteiger partial charge in [0.2, 0.25) is 0 Å². The molecule has 9 aromatic rings. The van der Waals surface area contributed by atoms with Crippen molar-refractivity contribution in [3.63, 3.8) is 0 Å². The summed E-state index contributed by atoms with van der Waals surface area (Å²) in [6.07, 6.45) is 0. The van der Waals surface area contributed by atoms with E-state index in [1.165, 1.54) is 30.5 Å². The molecule has 4 nitrogen and oxygen atoms in total. The molecule has 46 heavy (non-hydrogen) atoms. The first kappa shape index (κ1) is 26.0. The summed E-state index contributed by atoms with van der Waals surface area (Å²) in [6.45, 7) is 0. The number of thiazole rings is 2. The first-order valence-corrected chi connectivity index (χ1v) is 18.9. The second-order valence-corrected chi connectivity index (χ2v) is 17.3. The van der Waals surface area contributed by atoms with Crippen molar-refractivity contribution in [2.45, 2.75) is 0 Å². The predicted octanol–water partition coefficient (Wildman–Crippen LogP) is 8.09. The zero-order chi connectivity index (χ0) is 30.2. The number of fused-ring (bicyclic) bond motifs is 7. The van der Waals surface area contributed by atoms with Crippen molar-refractivity contribution in [1.82, 2.24) is 19.2 Å². The summed E-state index contributed by atoms with van der Waals surface area (Å²) >= 11 is 3.50. The fraction of sp³-hybridized carbons (Fsp3) is 0. The number of para-hydroxylation sites is 4. The summed E-state index contributed by atoms with van der Waals surface area (Å²) in [5.41, 5.74) is 7.76. The van der Waals surface area contributed by atoms with E-state index in [0.717, 1.165) is 49.0 Å². The van der Waals surface area contributed by atoms with Gasteiger partial charge in [0.1, 0.15) is 15.8 Å². The first-order chi connectivity index (χ1) is 22.8. The molecule has 0 fully saturated rings. The van der Waals surface area contributed by atoms with E-state index in [4.69, 9.17) is 15.0 Å². The number of imidazole rings is 1. The highest BCUT2D eigenvalue weighted by Crippen LogP contribution is 2.37. The van der Waals surface area contributed by atoms with Crippen LogP contribution in [0.1, 0.15) is 0 Å². The third-order valence-electron chi connectivity index (χ3n) is 9.10. The van der Waals surface area contributed by atoms with Crippen molar-refractivity contribution in [2.24, 2.45) is 0 Å². The molecule has 4 heterocycles. The van der Waals surface area contributed by atoms with Crippen molar-refractivity contribution in [3.8, 4) is 32.5 Å². The standard InChI is InChI=1S/C39H24N4S2Si/c1-8-22-36-29(15-1)37-40-30-16-2-5-19-33(30)43(37)46(36,27-13-9-11-25(23-27)38-41-31-17-3-6-20-34(31)44-38)28-14-10-12-26(24-28)39-42-32-18-4-7-21-35(32)45-39/h1-24H. The van der Waals surface area contributed by atoms with E-state index < -0.39 is 8.24 Å². The van der Waals surface area contributed by atoms with Gasteiger partial charge in [0.15, 0.2) is 0 Å². The zero-order valence-electron chi connectivity index (χ0n) is 24.5. The molecule has 3 aromatic heterocycles. The molecule has 1 aliphatic heterocycles. The molecule has 0 unspecified atom stereocenters. The van der Waals surface area contributed by atoms with Crippen LogP contribution in [0, 0.1) is 0 Å². The summed E-state index contributed by atoms with van der Waals surface area (Å²) in [6, 6.07) is 52.6. The van der Waals surface area contributed by atoms with Gasteiger partial charge in [0, 0.05) is 16.7 Å². The second kappa shape index (κ2) is 9.89. The lowest BCUT2D eigenvalue weighted by molar-refractivity contribution is 1.23. The highest BCUT2D eigenvalue weighted by molar-refractivity contribution is 7.22. The average molecular weight is 641 g/mol. The summed E-state index contributed by atoms with van der Waals surface area (Å²) in [7, 11) is -2.94. The van der Waals surface area contributed by atoms with Gasteiger partial charge in [-0.2, -0.15) is 0 Å². The van der Waals surface area contributed by atoms with Crippen LogP contribution in [0.5, 0.6) is 0 Å². The molecule has 7 heteroatoms. The second-order valence-electron chi connectivity index (χ2n) is 11.7. The molecule has 0 bridgehead atoms. The van der Waals surface area contributed by atoms with Gasteiger partial charge in [-0.05, 0) is 52.0 Å². The molecule has 216 valence electrons. The van der Waals surface area contributed by atoms with E-state index in [-0.39, 0.29) is 0 Å². The third-order valence-corrected chi connectivity index (χ3v) is 15.9. The van der Waals surface area contributed by atoms with Gasteiger partial charge in [0.25, 0.3) is 8.24 Å². The maximum absolute atomic E-state index is 5.28. The largest absolute Gasteiger partial charge is 0.339 e. The highest BCUT2D eigenvalue weighted by atomic mass is 32.1. The quantitative estimate of drug-likeness (QED) is 0.183. The van der Waals surface area contributed by atoms with Crippen LogP contribution < -0.4 is 15.6 Å². The molecule has 0 aliphatic carbocycles. The van der Waals surface area contributed by atoms with E-state index in [2.05, 4.69) is 150 Å². The molecule has 0 spiro atoms. The highest BCUT2D eigenvalue weighted by Gasteiger charge is 2.51. The fourth-order valence-electron chi connectivity index (χ4n) is 7.14. The van der Waals surface area contributed by atoms with Crippen molar-refractivity contribution in [1.29, 1.82) is 0 Å². The Kier molecular flexibility index (Phi) is 5.60. The molecule has 0 saturated carbocycles. The van der Waals surface area contributed by atoms with Crippen LogP contribution in [-0.4, -0.2) is 27.4 Å². The third kappa shape index (κ3) is 3.67. The lowest BCUT2D eigenvalue weighted by atomic mass is 10.2. The summed E-state index contributed by atoms with van der Waals surface area (Å²) in [5.74, 6) is 1.04. The number of rotatable bonds is 4. The Labute approximate surface area is 274 Å². The number of benzene rings is 6. The molecule has 0 atom stereocenters. The number of aromatic nitrogens is 4. The molecule has 10 rings (SSSR count). The van der Waals surface area contributed by atoms with Crippen molar-refractivity contribution < 1.29 is 0 Å². The zero-order valence-corrected chi connectivity index (χ0v) is 27.1. The summed E-state index contributed by atoms with van der Waals surface area (Å²) in [5, 5.41) is 6.04. The van der Waals surface area contributed by atoms with E-state index in [9.17, 15) is 0 Å². The van der Waals surface area contributed by atoms with Crippen LogP contribution in [0.15, 0.2) is 146 Å². The number of hydrogen-bond acceptors (Lipinski definition) is 5. The molecule has 6 aromatic carbocycles. The topological polar surface area (TPSA) is 43.6 Å². The fourth-order valence-corrected chi connectivity index (χ4v) is 14.1. The Morgan fingerprint density at radius 2 is 1.02 bits per heavy atom. The van der Waals surface area contributed by atoms with Crippen molar-refractivity contribution >= 4 is 77.9 Å². The molecule has 0 N–H and O–H groups in total. The first-order valence-electron chi connectivity index (χ1n) is 15.3. The SMILES string of the molecule is c1cc(-c2nc3ccccc3s2)cc([Si]2(c3cccc(-c4nc5ccccc5s4)c3)c3ccccc3-c3nc4ccccc4n32)c1.